The molecular formula is C68H70N8O12. The third-order valence-electron chi connectivity index (χ3n) is 15.0. The first-order valence-corrected chi connectivity index (χ1v) is 29.1. The maximum absolute atomic E-state index is 13.9. The molecule has 88 heavy (non-hydrogen) atoms. The van der Waals surface area contributed by atoms with Gasteiger partial charge in [0.2, 0.25) is 0 Å². The number of anilines is 2. The van der Waals surface area contributed by atoms with Crippen molar-refractivity contribution in [1.29, 1.82) is 0 Å². The molecule has 2 saturated heterocycles. The minimum atomic E-state index is -0.858. The van der Waals surface area contributed by atoms with Gasteiger partial charge in [-0.15, -0.1) is 10.2 Å². The molecule has 20 nitrogen and oxygen atoms in total. The fourth-order valence-corrected chi connectivity index (χ4v) is 10.6. The minimum Gasteiger partial charge on any atom is -0.368 e. The van der Waals surface area contributed by atoms with Crippen LogP contribution in [0.15, 0.2) is 219 Å². The standard InChI is InChI=1S/C68H70N8O12/c1-79-67-63(85-45-51-30-17-7-18-31-51)61(83-43-49-26-13-5-14-27-49)59(81-41-47-22-9-3-10-23-47)55(87-67)37-75-39-57(71-73-75)69-65(77)53-34-21-35-54(36-53)66(78)70-58-40-76(74-72-58)38-56-60(82-42-48-24-11-4-12-25-48)62(84-44-50-28-15-6-16-29-50)64(68(80-2)88-56)86-46-52-32-19-8-20-33-52/h3-36,39-40,55-56,59-64,67-68H,37-38,41-46H2,1-2H3,(H,69,77)(H,70,78)/t55-,56-,59-,60-,61+,62+,63+,64+,67+,68+/m1/s1. The van der Waals surface area contributed by atoms with E-state index in [1.807, 2.05) is 182 Å². The Hall–Kier alpha value is -8.64. The fraction of sp³-hybridized carbons (Fsp3) is 0.294. The van der Waals surface area contributed by atoms with Crippen LogP contribution in [-0.4, -0.2) is 117 Å². The molecule has 0 unspecified atom stereocenters. The number of ether oxygens (including phenoxy) is 10. The van der Waals surface area contributed by atoms with Gasteiger partial charge in [-0.1, -0.05) is 198 Å². The number of nitrogens with zero attached hydrogens (tertiary/aromatic N) is 6. The fourth-order valence-electron chi connectivity index (χ4n) is 10.6. The molecule has 0 radical (unpaired) electrons. The third-order valence-corrected chi connectivity index (χ3v) is 15.0. The van der Waals surface area contributed by atoms with E-state index < -0.39 is 73.2 Å². The predicted octanol–water partition coefficient (Wildman–Crippen LogP) is 9.63. The van der Waals surface area contributed by atoms with Crippen molar-refractivity contribution in [2.24, 2.45) is 0 Å². The SMILES string of the molecule is CO[C@H]1O[C@H](Cn2cc(NC(=O)c3cccc(C(=O)Nc4cn(C[C@H]5O[C@H](OC)[C@@H](OCc6ccccc6)[C@@H](OCc6ccccc6)[C@@H]5OCc5ccccc5)nn4)c3)nn2)[C@@H](OCc2ccccc2)[C@H](OCc2ccccc2)[C@@H]1OCc1ccccc1. The molecule has 4 heterocycles. The molecule has 454 valence electrons. The largest absolute Gasteiger partial charge is 0.368 e. The van der Waals surface area contributed by atoms with E-state index in [9.17, 15) is 9.59 Å². The summed E-state index contributed by atoms with van der Waals surface area (Å²) >= 11 is 0. The van der Waals surface area contributed by atoms with Gasteiger partial charge in [-0.25, -0.2) is 9.36 Å². The Morgan fingerprint density at radius 1 is 0.386 bits per heavy atom. The van der Waals surface area contributed by atoms with Crippen LogP contribution in [0.3, 0.4) is 0 Å². The van der Waals surface area contributed by atoms with E-state index in [2.05, 4.69) is 31.3 Å². The highest BCUT2D eigenvalue weighted by Gasteiger charge is 2.50. The third kappa shape index (κ3) is 16.5. The molecule has 0 aliphatic carbocycles. The van der Waals surface area contributed by atoms with Gasteiger partial charge in [-0.05, 0) is 51.6 Å². The van der Waals surface area contributed by atoms with E-state index in [-0.39, 0.29) is 75.5 Å². The molecule has 0 bridgehead atoms. The first-order chi connectivity index (χ1) is 43.3. The molecule has 20 heteroatoms. The monoisotopic (exact) mass is 1190 g/mol. The van der Waals surface area contributed by atoms with Crippen LogP contribution in [0.1, 0.15) is 54.1 Å². The zero-order valence-corrected chi connectivity index (χ0v) is 48.8. The van der Waals surface area contributed by atoms with Crippen molar-refractivity contribution in [3.05, 3.63) is 263 Å². The summed E-state index contributed by atoms with van der Waals surface area (Å²) in [6.45, 7) is 1.89. The number of nitrogens with one attached hydrogen (secondary N) is 2. The van der Waals surface area contributed by atoms with Gasteiger partial charge in [-0.2, -0.15) is 0 Å². The molecule has 11 rings (SSSR count). The lowest BCUT2D eigenvalue weighted by Crippen LogP contribution is -2.61. The van der Waals surface area contributed by atoms with E-state index >= 15 is 0 Å². The summed E-state index contributed by atoms with van der Waals surface area (Å²) in [5.74, 6) is -0.729. The maximum Gasteiger partial charge on any atom is 0.256 e. The van der Waals surface area contributed by atoms with Crippen molar-refractivity contribution in [3.8, 4) is 0 Å². The van der Waals surface area contributed by atoms with E-state index in [1.165, 1.54) is 6.07 Å². The predicted molar refractivity (Wildman–Crippen MR) is 324 cm³/mol. The number of carbonyl (C=O) groups excluding carboxylic acids is 2. The Labute approximate surface area is 510 Å². The smallest absolute Gasteiger partial charge is 0.256 e. The Bertz CT molecular complexity index is 3330. The number of amides is 2. The second-order valence-electron chi connectivity index (χ2n) is 21.3. The highest BCUT2D eigenvalue weighted by atomic mass is 16.7. The molecule has 7 aromatic carbocycles. The summed E-state index contributed by atoms with van der Waals surface area (Å²) in [5, 5.41) is 23.0. The summed E-state index contributed by atoms with van der Waals surface area (Å²) in [4.78, 5) is 27.8. The van der Waals surface area contributed by atoms with Crippen LogP contribution in [0.5, 0.6) is 0 Å². The van der Waals surface area contributed by atoms with Gasteiger partial charge >= 0.3 is 0 Å². The van der Waals surface area contributed by atoms with E-state index in [1.54, 1.807) is 54.2 Å². The number of hydrogen-bond donors (Lipinski definition) is 2. The summed E-state index contributed by atoms with van der Waals surface area (Å²) in [7, 11) is 3.13. The van der Waals surface area contributed by atoms with Crippen LogP contribution in [-0.2, 0) is 100 Å². The van der Waals surface area contributed by atoms with Crippen LogP contribution in [0.25, 0.3) is 0 Å². The van der Waals surface area contributed by atoms with Crippen molar-refractivity contribution in [3.63, 3.8) is 0 Å². The average Bonchev–Trinajstić information content (AvgIpc) is 1.91. The highest BCUT2D eigenvalue weighted by molar-refractivity contribution is 6.08. The van der Waals surface area contributed by atoms with Gasteiger partial charge in [0.05, 0.1) is 65.1 Å². The summed E-state index contributed by atoms with van der Waals surface area (Å²) < 4.78 is 68.7. The molecule has 2 aliphatic rings. The Morgan fingerprint density at radius 2 is 0.670 bits per heavy atom. The molecule has 2 amide bonds. The lowest BCUT2D eigenvalue weighted by Gasteiger charge is -2.45. The highest BCUT2D eigenvalue weighted by Crippen LogP contribution is 2.34. The number of methoxy groups -OCH3 is 2. The number of aromatic nitrogens is 6. The number of rotatable bonds is 28. The normalized spacial score (nSPS) is 21.8. The first-order valence-electron chi connectivity index (χ1n) is 29.1. The molecule has 2 aromatic heterocycles. The molecule has 0 spiro atoms. The minimum absolute atomic E-state index is 0.136. The number of hydrogen-bond acceptors (Lipinski definition) is 16. The van der Waals surface area contributed by atoms with E-state index in [4.69, 9.17) is 47.4 Å². The van der Waals surface area contributed by atoms with Crippen LogP contribution < -0.4 is 10.6 Å². The number of benzene rings is 7. The average molecular weight is 1190 g/mol. The second kappa shape index (κ2) is 30.8. The van der Waals surface area contributed by atoms with Crippen LogP contribution in [0.2, 0.25) is 0 Å². The Morgan fingerprint density at radius 3 is 0.966 bits per heavy atom. The molecule has 2 N–H and O–H groups in total. The summed E-state index contributed by atoms with van der Waals surface area (Å²) in [6.07, 6.45) is -4.05. The molecule has 0 saturated carbocycles. The summed E-state index contributed by atoms with van der Waals surface area (Å²) in [6, 6.07) is 65.4. The van der Waals surface area contributed by atoms with Gasteiger partial charge in [0.15, 0.2) is 24.2 Å². The number of carbonyl (C=O) groups is 2. The molecule has 9 aromatic rings. The maximum atomic E-state index is 13.9. The molecule has 2 fully saturated rings. The van der Waals surface area contributed by atoms with Gasteiger partial charge in [0.1, 0.15) is 48.8 Å². The van der Waals surface area contributed by atoms with Crippen molar-refractivity contribution < 1.29 is 57.0 Å². The first kappa shape index (κ1) is 61.0. The van der Waals surface area contributed by atoms with Crippen molar-refractivity contribution in [2.75, 3.05) is 24.9 Å². The quantitative estimate of drug-likeness (QED) is 0.0467. The zero-order chi connectivity index (χ0) is 60.3. The van der Waals surface area contributed by atoms with Crippen molar-refractivity contribution >= 4 is 23.5 Å². The van der Waals surface area contributed by atoms with Crippen molar-refractivity contribution in [1.82, 2.24) is 30.0 Å². The van der Waals surface area contributed by atoms with Gasteiger partial charge in [0, 0.05) is 25.3 Å². The Balaban J connectivity index is 0.759. The molecule has 2 aliphatic heterocycles. The van der Waals surface area contributed by atoms with Crippen LogP contribution >= 0.6 is 0 Å². The van der Waals surface area contributed by atoms with Gasteiger partial charge in [0.25, 0.3) is 11.8 Å². The van der Waals surface area contributed by atoms with E-state index in [0.717, 1.165) is 33.4 Å². The summed E-state index contributed by atoms with van der Waals surface area (Å²) in [5.41, 5.74) is 6.19. The van der Waals surface area contributed by atoms with Gasteiger partial charge in [-0.3, -0.25) is 9.59 Å². The topological polar surface area (TPSA) is 212 Å². The van der Waals surface area contributed by atoms with Crippen molar-refractivity contribution in [2.45, 2.75) is 114 Å². The van der Waals surface area contributed by atoms with Crippen LogP contribution in [0, 0.1) is 0 Å². The molecular weight excluding hydrogens is 1120 g/mol. The second-order valence-corrected chi connectivity index (χ2v) is 21.3. The zero-order valence-electron chi connectivity index (χ0n) is 48.8. The molecule has 10 atom stereocenters. The van der Waals surface area contributed by atoms with E-state index in [0.29, 0.717) is 0 Å². The van der Waals surface area contributed by atoms with Gasteiger partial charge < -0.3 is 58.0 Å². The lowest BCUT2D eigenvalue weighted by molar-refractivity contribution is -0.319. The Kier molecular flexibility index (Phi) is 21.4. The lowest BCUT2D eigenvalue weighted by atomic mass is 9.97. The van der Waals surface area contributed by atoms with Crippen LogP contribution in [0.4, 0.5) is 11.6 Å².